The van der Waals surface area contributed by atoms with Gasteiger partial charge in [-0.3, -0.25) is 4.79 Å². The van der Waals surface area contributed by atoms with E-state index in [9.17, 15) is 23.1 Å². The number of aliphatic carboxylic acids is 1. The number of aryl methyl sites for hydroxylation is 1. The number of nitrogens with one attached hydrogen (secondary N) is 1. The number of benzene rings is 2. The van der Waals surface area contributed by atoms with Crippen molar-refractivity contribution in [3.63, 3.8) is 0 Å². The zero-order chi connectivity index (χ0) is 22.8. The molecule has 8 nitrogen and oxygen atoms in total. The molecule has 0 atom stereocenters. The summed E-state index contributed by atoms with van der Waals surface area (Å²) in [7, 11) is -3.70. The summed E-state index contributed by atoms with van der Waals surface area (Å²) in [4.78, 5) is 21.8. The lowest BCUT2D eigenvalue weighted by Gasteiger charge is -2.15. The molecular weight excluding hydrogens is 446 g/mol. The average Bonchev–Trinajstić information content (AvgIpc) is 3.18. The number of phenols is 1. The Hall–Kier alpha value is -2.78. The van der Waals surface area contributed by atoms with E-state index < -0.39 is 21.7 Å². The van der Waals surface area contributed by atoms with Gasteiger partial charge in [-0.05, 0) is 55.5 Å². The molecule has 0 heterocycles. The number of phenolic OH excluding ortho intramolecular Hbond substituents is 1. The summed E-state index contributed by atoms with van der Waals surface area (Å²) in [6.45, 7) is 1.63. The lowest BCUT2D eigenvalue weighted by Crippen LogP contribution is -2.21. The lowest BCUT2D eigenvalue weighted by molar-refractivity contribution is -0.147. The highest BCUT2D eigenvalue weighted by Crippen LogP contribution is 2.38. The van der Waals surface area contributed by atoms with Gasteiger partial charge in [0.2, 0.25) is 0 Å². The van der Waals surface area contributed by atoms with E-state index in [1.54, 1.807) is 6.92 Å². The Morgan fingerprint density at radius 3 is 2.48 bits per heavy atom. The molecule has 10 heteroatoms. The Morgan fingerprint density at radius 2 is 1.87 bits per heavy atom. The number of carboxylic acid groups (broad SMARTS) is 1. The highest BCUT2D eigenvalue weighted by Gasteiger charge is 2.27. The molecule has 1 aliphatic rings. The molecule has 1 amide bonds. The van der Waals surface area contributed by atoms with Gasteiger partial charge in [-0.15, -0.1) is 0 Å². The molecule has 0 unspecified atom stereocenters. The molecule has 2 aromatic rings. The average molecular weight is 468 g/mol. The topological polar surface area (TPSA) is 130 Å². The molecule has 0 saturated heterocycles. The second-order valence-electron chi connectivity index (χ2n) is 7.53. The van der Waals surface area contributed by atoms with Crippen LogP contribution in [0.5, 0.6) is 17.2 Å². The van der Waals surface area contributed by atoms with Gasteiger partial charge in [-0.25, -0.2) is 13.2 Å². The lowest BCUT2D eigenvalue weighted by atomic mass is 10.1. The quantitative estimate of drug-likeness (QED) is 0.544. The summed E-state index contributed by atoms with van der Waals surface area (Å²) in [5.41, 5.74) is 0.657. The van der Waals surface area contributed by atoms with Gasteiger partial charge in [0, 0.05) is 11.8 Å². The fourth-order valence-corrected chi connectivity index (χ4v) is 5.74. The number of carbonyl (C=O) groups excluding carboxylic acids is 1. The van der Waals surface area contributed by atoms with Crippen LogP contribution >= 0.6 is 11.6 Å². The largest absolute Gasteiger partial charge is 0.507 e. The van der Waals surface area contributed by atoms with Crippen LogP contribution in [-0.2, 0) is 19.4 Å². The van der Waals surface area contributed by atoms with Crippen molar-refractivity contribution in [1.82, 2.24) is 0 Å². The van der Waals surface area contributed by atoms with Crippen molar-refractivity contribution in [3.05, 3.63) is 40.9 Å². The number of amides is 1. The van der Waals surface area contributed by atoms with Gasteiger partial charge in [0.15, 0.2) is 9.84 Å². The number of aromatic hydroxyl groups is 1. The van der Waals surface area contributed by atoms with Crippen LogP contribution in [0.25, 0.3) is 0 Å². The first-order chi connectivity index (χ1) is 14.6. The number of ether oxygens (including phenoxy) is 1. The first kappa shape index (κ1) is 22.9. The van der Waals surface area contributed by atoms with E-state index in [1.807, 2.05) is 0 Å². The number of anilines is 1. The van der Waals surface area contributed by atoms with E-state index in [4.69, 9.17) is 21.4 Å². The van der Waals surface area contributed by atoms with Crippen LogP contribution in [0, 0.1) is 12.8 Å². The third-order valence-electron chi connectivity index (χ3n) is 5.10. The first-order valence-corrected chi connectivity index (χ1v) is 11.7. The van der Waals surface area contributed by atoms with Crippen molar-refractivity contribution < 1.29 is 33.0 Å². The third-order valence-corrected chi connectivity index (χ3v) is 7.29. The van der Waals surface area contributed by atoms with Crippen molar-refractivity contribution in [1.29, 1.82) is 0 Å². The summed E-state index contributed by atoms with van der Waals surface area (Å²) >= 11 is 6.23. The molecular formula is C21H22ClNO7S. The third kappa shape index (κ3) is 5.48. The van der Waals surface area contributed by atoms with Crippen LogP contribution < -0.4 is 10.1 Å². The highest BCUT2D eigenvalue weighted by molar-refractivity contribution is 7.91. The van der Waals surface area contributed by atoms with Gasteiger partial charge in [0.1, 0.15) is 22.1 Å². The minimum absolute atomic E-state index is 0.0260. The van der Waals surface area contributed by atoms with Crippen LogP contribution in [0.4, 0.5) is 5.69 Å². The second kappa shape index (κ2) is 9.15. The Morgan fingerprint density at radius 1 is 1.19 bits per heavy atom. The molecule has 2 aromatic carbocycles. The summed E-state index contributed by atoms with van der Waals surface area (Å²) in [5.74, 6) is -2.76. The Labute approximate surface area is 184 Å². The number of sulfone groups is 1. The van der Waals surface area contributed by atoms with Gasteiger partial charge in [-0.1, -0.05) is 24.4 Å². The number of hydrogen-bond acceptors (Lipinski definition) is 6. The molecule has 0 radical (unpaired) electrons. The smallest absolute Gasteiger partial charge is 0.394 e. The molecule has 3 N–H and O–H groups in total. The van der Waals surface area contributed by atoms with E-state index in [-0.39, 0.29) is 44.5 Å². The Bertz CT molecular complexity index is 1100. The minimum atomic E-state index is -3.70. The molecule has 31 heavy (non-hydrogen) atoms. The molecule has 3 rings (SSSR count). The maximum atomic E-state index is 12.8. The number of carboxylic acids is 1. The first-order valence-electron chi connectivity index (χ1n) is 9.65. The minimum Gasteiger partial charge on any atom is -0.507 e. The number of halogens is 1. The van der Waals surface area contributed by atoms with E-state index in [0.29, 0.717) is 5.56 Å². The monoisotopic (exact) mass is 467 g/mol. The van der Waals surface area contributed by atoms with Crippen molar-refractivity contribution >= 4 is 39.0 Å². The highest BCUT2D eigenvalue weighted by atomic mass is 35.5. The summed E-state index contributed by atoms with van der Waals surface area (Å²) < 4.78 is 31.4. The summed E-state index contributed by atoms with van der Waals surface area (Å²) in [6, 6.07) is 6.72. The number of hydrogen-bond donors (Lipinski definition) is 3. The summed E-state index contributed by atoms with van der Waals surface area (Å²) in [6.07, 6.45) is 3.73. The van der Waals surface area contributed by atoms with Gasteiger partial charge < -0.3 is 20.3 Å². The fourth-order valence-electron chi connectivity index (χ4n) is 3.62. The molecule has 1 fully saturated rings. The van der Waals surface area contributed by atoms with Crippen LogP contribution in [0.1, 0.15) is 31.2 Å². The van der Waals surface area contributed by atoms with Gasteiger partial charge in [-0.2, -0.15) is 0 Å². The van der Waals surface area contributed by atoms with Crippen molar-refractivity contribution in [2.24, 2.45) is 5.92 Å². The Balaban J connectivity index is 1.85. The Kier molecular flexibility index (Phi) is 6.76. The van der Waals surface area contributed by atoms with Crippen LogP contribution in [0.15, 0.2) is 35.2 Å². The zero-order valence-electron chi connectivity index (χ0n) is 16.7. The van der Waals surface area contributed by atoms with Crippen molar-refractivity contribution in [3.8, 4) is 17.2 Å². The summed E-state index contributed by atoms with van der Waals surface area (Å²) in [5, 5.41) is 21.1. The maximum Gasteiger partial charge on any atom is 0.394 e. The molecule has 1 aliphatic carbocycles. The van der Waals surface area contributed by atoms with Crippen LogP contribution in [0.3, 0.4) is 0 Å². The fraction of sp³-hybridized carbons (Fsp3) is 0.333. The number of rotatable bonds is 6. The molecule has 0 spiro atoms. The predicted octanol–water partition coefficient (Wildman–Crippen LogP) is 4.13. The second-order valence-corrected chi connectivity index (χ2v) is 9.94. The van der Waals surface area contributed by atoms with Crippen LogP contribution in [0.2, 0.25) is 5.02 Å². The normalized spacial score (nSPS) is 14.4. The van der Waals surface area contributed by atoms with E-state index in [0.717, 1.165) is 25.7 Å². The van der Waals surface area contributed by atoms with E-state index >= 15 is 0 Å². The van der Waals surface area contributed by atoms with Gasteiger partial charge in [0.05, 0.1) is 10.8 Å². The SMILES string of the molecule is Cc1cc(NC(=O)C(=O)O)cc(Cl)c1Oc1ccc(O)c(S(=O)(=O)CC2CCCC2)c1. The predicted molar refractivity (Wildman–Crippen MR) is 115 cm³/mol. The molecule has 0 aromatic heterocycles. The number of carbonyl (C=O) groups is 2. The van der Waals surface area contributed by atoms with E-state index in [2.05, 4.69) is 5.32 Å². The maximum absolute atomic E-state index is 12.8. The molecule has 0 bridgehead atoms. The zero-order valence-corrected chi connectivity index (χ0v) is 18.3. The van der Waals surface area contributed by atoms with Gasteiger partial charge in [0.25, 0.3) is 0 Å². The van der Waals surface area contributed by atoms with Gasteiger partial charge >= 0.3 is 11.9 Å². The van der Waals surface area contributed by atoms with Crippen molar-refractivity contribution in [2.75, 3.05) is 11.1 Å². The van der Waals surface area contributed by atoms with E-state index in [1.165, 1.54) is 30.3 Å². The molecule has 166 valence electrons. The van der Waals surface area contributed by atoms with Crippen molar-refractivity contribution in [2.45, 2.75) is 37.5 Å². The molecule has 1 saturated carbocycles. The molecule has 0 aliphatic heterocycles. The standard InChI is InChI=1S/C21H22ClNO7S/c1-12-8-14(23-20(25)21(26)27)9-16(22)19(12)30-15-6-7-17(24)18(10-15)31(28,29)11-13-4-2-3-5-13/h6-10,13,24H,2-5,11H2,1H3,(H,23,25)(H,26,27). The van der Waals surface area contributed by atoms with Crippen LogP contribution in [-0.4, -0.2) is 36.3 Å².